The number of nitrogens with zero attached hydrogens (tertiary/aromatic N) is 1. The quantitative estimate of drug-likeness (QED) is 0.887. The number of aromatic nitrogens is 1. The van der Waals surface area contributed by atoms with E-state index in [1.165, 1.54) is 11.3 Å². The Morgan fingerprint density at radius 2 is 2.53 bits per heavy atom. The highest BCUT2D eigenvalue weighted by Crippen LogP contribution is 2.07. The Labute approximate surface area is 104 Å². The molecule has 1 amide bonds. The average molecular weight is 250 g/mol. The van der Waals surface area contributed by atoms with Crippen molar-refractivity contribution in [1.82, 2.24) is 10.3 Å². The molecule has 2 heterocycles. The zero-order valence-corrected chi connectivity index (χ0v) is 10.4. The Morgan fingerprint density at radius 1 is 1.65 bits per heavy atom. The van der Waals surface area contributed by atoms with E-state index in [0.29, 0.717) is 5.69 Å². The molecule has 0 aromatic carbocycles. The van der Waals surface area contributed by atoms with Crippen molar-refractivity contribution in [3.8, 4) is 0 Å². The molecule has 5 heteroatoms. The van der Waals surface area contributed by atoms with Crippen LogP contribution in [0.4, 0.5) is 0 Å². The van der Waals surface area contributed by atoms with Crippen LogP contribution in [0.5, 0.6) is 0 Å². The van der Waals surface area contributed by atoms with Gasteiger partial charge < -0.3 is 9.73 Å². The maximum absolute atomic E-state index is 11.7. The molecule has 0 aliphatic carbocycles. The number of carbonyl (C=O) groups is 1. The number of hydrogen-bond acceptors (Lipinski definition) is 4. The van der Waals surface area contributed by atoms with Gasteiger partial charge in [0.05, 0.1) is 11.8 Å². The fraction of sp³-hybridized carbons (Fsp3) is 0.333. The Kier molecular flexibility index (Phi) is 3.93. The van der Waals surface area contributed by atoms with E-state index in [4.69, 9.17) is 4.42 Å². The molecule has 0 bridgehead atoms. The number of thiazole rings is 1. The monoisotopic (exact) mass is 250 g/mol. The van der Waals surface area contributed by atoms with Crippen LogP contribution in [-0.4, -0.2) is 16.9 Å². The first kappa shape index (κ1) is 11.9. The summed E-state index contributed by atoms with van der Waals surface area (Å²) in [5, 5.41) is 4.65. The van der Waals surface area contributed by atoms with Crippen molar-refractivity contribution in [2.45, 2.75) is 25.8 Å². The number of rotatable bonds is 5. The van der Waals surface area contributed by atoms with E-state index < -0.39 is 0 Å². The summed E-state index contributed by atoms with van der Waals surface area (Å²) < 4.78 is 5.24. The molecule has 0 saturated carbocycles. The Morgan fingerprint density at radius 3 is 3.18 bits per heavy atom. The molecule has 0 aliphatic rings. The van der Waals surface area contributed by atoms with Crippen molar-refractivity contribution in [1.29, 1.82) is 0 Å². The lowest BCUT2D eigenvalue weighted by Crippen LogP contribution is -2.33. The molecule has 2 aromatic heterocycles. The van der Waals surface area contributed by atoms with Crippen LogP contribution in [-0.2, 0) is 6.42 Å². The van der Waals surface area contributed by atoms with Crippen LogP contribution in [0, 0.1) is 0 Å². The molecule has 2 aromatic rings. The molecular weight excluding hydrogens is 236 g/mol. The Balaban J connectivity index is 1.77. The van der Waals surface area contributed by atoms with E-state index in [9.17, 15) is 4.79 Å². The minimum absolute atomic E-state index is 0.106. The van der Waals surface area contributed by atoms with E-state index in [1.54, 1.807) is 17.2 Å². The zero-order valence-electron chi connectivity index (χ0n) is 9.55. The molecule has 0 saturated heterocycles. The molecule has 1 unspecified atom stereocenters. The SMILES string of the molecule is CC(CCc1ccco1)NC(=O)c1cscn1. The highest BCUT2D eigenvalue weighted by molar-refractivity contribution is 7.07. The smallest absolute Gasteiger partial charge is 0.270 e. The average Bonchev–Trinajstić information content (AvgIpc) is 2.99. The van der Waals surface area contributed by atoms with Gasteiger partial charge in [0.1, 0.15) is 11.5 Å². The van der Waals surface area contributed by atoms with Crippen molar-refractivity contribution >= 4 is 17.2 Å². The minimum atomic E-state index is -0.113. The van der Waals surface area contributed by atoms with E-state index >= 15 is 0 Å². The van der Waals surface area contributed by atoms with Crippen LogP contribution >= 0.6 is 11.3 Å². The fourth-order valence-electron chi connectivity index (χ4n) is 1.51. The first-order chi connectivity index (χ1) is 8.25. The van der Waals surface area contributed by atoms with Gasteiger partial charge in [-0.1, -0.05) is 0 Å². The second-order valence-electron chi connectivity index (χ2n) is 3.87. The van der Waals surface area contributed by atoms with Gasteiger partial charge in [0.2, 0.25) is 0 Å². The van der Waals surface area contributed by atoms with Gasteiger partial charge in [-0.25, -0.2) is 4.98 Å². The van der Waals surface area contributed by atoms with Crippen molar-refractivity contribution < 1.29 is 9.21 Å². The molecule has 0 spiro atoms. The van der Waals surface area contributed by atoms with Crippen LogP contribution in [0.3, 0.4) is 0 Å². The standard InChI is InChI=1S/C12H14N2O2S/c1-9(4-5-10-3-2-6-16-10)14-12(15)11-7-17-8-13-11/h2-3,6-9H,4-5H2,1H3,(H,14,15). The second kappa shape index (κ2) is 5.63. The van der Waals surface area contributed by atoms with Crippen molar-refractivity contribution in [3.05, 3.63) is 40.7 Å². The summed E-state index contributed by atoms with van der Waals surface area (Å²) in [5.74, 6) is 0.831. The lowest BCUT2D eigenvalue weighted by Gasteiger charge is -2.11. The Bertz CT molecular complexity index is 451. The predicted octanol–water partition coefficient (Wildman–Crippen LogP) is 2.49. The second-order valence-corrected chi connectivity index (χ2v) is 4.58. The third kappa shape index (κ3) is 3.42. The summed E-state index contributed by atoms with van der Waals surface area (Å²) >= 11 is 1.42. The van der Waals surface area contributed by atoms with E-state index in [2.05, 4.69) is 10.3 Å². The van der Waals surface area contributed by atoms with Crippen LogP contribution in [0.15, 0.2) is 33.7 Å². The summed E-state index contributed by atoms with van der Waals surface area (Å²) in [7, 11) is 0. The van der Waals surface area contributed by atoms with Crippen molar-refractivity contribution in [3.63, 3.8) is 0 Å². The van der Waals surface area contributed by atoms with E-state index in [1.807, 2.05) is 19.1 Å². The molecule has 0 aliphatic heterocycles. The predicted molar refractivity (Wildman–Crippen MR) is 66.1 cm³/mol. The Hall–Kier alpha value is -1.62. The minimum Gasteiger partial charge on any atom is -0.469 e. The molecule has 1 atom stereocenters. The maximum atomic E-state index is 11.7. The van der Waals surface area contributed by atoms with Crippen LogP contribution in [0.1, 0.15) is 29.6 Å². The molecule has 1 N–H and O–H groups in total. The molecule has 0 radical (unpaired) electrons. The topological polar surface area (TPSA) is 55.1 Å². The van der Waals surface area contributed by atoms with Crippen LogP contribution < -0.4 is 5.32 Å². The number of carbonyl (C=O) groups excluding carboxylic acids is 1. The highest BCUT2D eigenvalue weighted by atomic mass is 32.1. The van der Waals surface area contributed by atoms with Gasteiger partial charge >= 0.3 is 0 Å². The fourth-order valence-corrected chi connectivity index (χ4v) is 2.04. The van der Waals surface area contributed by atoms with Gasteiger partial charge in [0.15, 0.2) is 0 Å². The van der Waals surface area contributed by atoms with E-state index in [-0.39, 0.29) is 11.9 Å². The molecule has 0 fully saturated rings. The van der Waals surface area contributed by atoms with Crippen LogP contribution in [0.25, 0.3) is 0 Å². The lowest BCUT2D eigenvalue weighted by molar-refractivity contribution is 0.0934. The normalized spacial score (nSPS) is 12.3. The third-order valence-corrected chi connectivity index (χ3v) is 3.03. The number of aryl methyl sites for hydroxylation is 1. The van der Waals surface area contributed by atoms with Gasteiger partial charge in [0, 0.05) is 17.8 Å². The summed E-state index contributed by atoms with van der Waals surface area (Å²) in [5.41, 5.74) is 2.14. The van der Waals surface area contributed by atoms with Gasteiger partial charge in [-0.2, -0.15) is 0 Å². The maximum Gasteiger partial charge on any atom is 0.270 e. The van der Waals surface area contributed by atoms with E-state index in [0.717, 1.165) is 18.6 Å². The van der Waals surface area contributed by atoms with Crippen LogP contribution in [0.2, 0.25) is 0 Å². The largest absolute Gasteiger partial charge is 0.469 e. The molecule has 90 valence electrons. The summed E-state index contributed by atoms with van der Waals surface area (Å²) in [6.07, 6.45) is 3.34. The number of furan rings is 1. The lowest BCUT2D eigenvalue weighted by atomic mass is 10.1. The third-order valence-electron chi connectivity index (χ3n) is 2.45. The summed E-state index contributed by atoms with van der Waals surface area (Å²) in [6.45, 7) is 1.98. The molecule has 17 heavy (non-hydrogen) atoms. The summed E-state index contributed by atoms with van der Waals surface area (Å²) in [6, 6.07) is 3.91. The van der Waals surface area contributed by atoms with Gasteiger partial charge in [-0.3, -0.25) is 4.79 Å². The molecule has 4 nitrogen and oxygen atoms in total. The van der Waals surface area contributed by atoms with Crippen molar-refractivity contribution in [2.75, 3.05) is 0 Å². The first-order valence-corrected chi connectivity index (χ1v) is 6.41. The molecule has 2 rings (SSSR count). The zero-order chi connectivity index (χ0) is 12.1. The van der Waals surface area contributed by atoms with Gasteiger partial charge in [-0.15, -0.1) is 11.3 Å². The number of nitrogens with one attached hydrogen (secondary N) is 1. The molecular formula is C12H14N2O2S. The van der Waals surface area contributed by atoms with Gasteiger partial charge in [0.25, 0.3) is 5.91 Å². The first-order valence-electron chi connectivity index (χ1n) is 5.47. The van der Waals surface area contributed by atoms with Crippen molar-refractivity contribution in [2.24, 2.45) is 0 Å². The number of amides is 1. The highest BCUT2D eigenvalue weighted by Gasteiger charge is 2.11. The summed E-state index contributed by atoms with van der Waals surface area (Å²) in [4.78, 5) is 15.7. The number of hydrogen-bond donors (Lipinski definition) is 1. The van der Waals surface area contributed by atoms with Gasteiger partial charge in [-0.05, 0) is 25.5 Å².